The lowest BCUT2D eigenvalue weighted by Gasteiger charge is -2.36. The molecule has 2 fully saturated rings. The monoisotopic (exact) mass is 1800 g/mol. The van der Waals surface area contributed by atoms with Crippen LogP contribution < -0.4 is 29.4 Å². The third-order valence-corrected chi connectivity index (χ3v) is 26.2. The molecule has 8 aromatic rings. The Morgan fingerprint density at radius 2 is 0.447 bits per heavy atom. The molecule has 6 heterocycles. The minimum Gasteiger partial charge on any atom is -0.472 e. The highest BCUT2D eigenvalue weighted by atomic mass is 16.5. The van der Waals surface area contributed by atoms with Crippen LogP contribution in [0.4, 0.5) is 34.1 Å². The lowest BCUT2D eigenvalue weighted by Crippen LogP contribution is -2.41. The van der Waals surface area contributed by atoms with Gasteiger partial charge in [0.1, 0.15) is 34.6 Å². The molecule has 0 radical (unpaired) electrons. The lowest BCUT2D eigenvalue weighted by atomic mass is 9.87. The summed E-state index contributed by atoms with van der Waals surface area (Å²) in [5, 5.41) is 0. The maximum Gasteiger partial charge on any atom is 0.202 e. The minimum absolute atomic E-state index is 0. The van der Waals surface area contributed by atoms with Gasteiger partial charge in [-0.15, -0.1) is 0 Å². The molecule has 2 aliphatic carbocycles. The zero-order chi connectivity index (χ0) is 92.0. The molecule has 0 spiro atoms. The molecule has 724 valence electrons. The van der Waals surface area contributed by atoms with Crippen LogP contribution in [0.5, 0.6) is 0 Å². The molecule has 0 N–H and O–H groups in total. The van der Waals surface area contributed by atoms with Gasteiger partial charge in [0.2, 0.25) is 6.23 Å². The van der Waals surface area contributed by atoms with Gasteiger partial charge in [-0.2, -0.15) is 0 Å². The summed E-state index contributed by atoms with van der Waals surface area (Å²) in [6, 6.07) is 68.1. The molecule has 6 atom stereocenters. The smallest absolute Gasteiger partial charge is 0.202 e. The number of ether oxygens (including phenoxy) is 6. The molecular weight excluding hydrogens is 1620 g/mol. The third-order valence-electron chi connectivity index (χ3n) is 26.2. The van der Waals surface area contributed by atoms with E-state index in [2.05, 4.69) is 418 Å². The lowest BCUT2D eigenvalue weighted by molar-refractivity contribution is 0.0332. The first-order valence-electron chi connectivity index (χ1n) is 46.7. The van der Waals surface area contributed by atoms with Crippen molar-refractivity contribution in [3.63, 3.8) is 0 Å². The molecule has 132 heavy (non-hydrogen) atoms. The first-order valence-corrected chi connectivity index (χ1v) is 46.7. The van der Waals surface area contributed by atoms with Crippen molar-refractivity contribution in [1.29, 1.82) is 0 Å². The largest absolute Gasteiger partial charge is 0.472 e. The summed E-state index contributed by atoms with van der Waals surface area (Å²) < 4.78 is 38.0. The van der Waals surface area contributed by atoms with Crippen molar-refractivity contribution in [2.24, 2.45) is 38.9 Å². The van der Waals surface area contributed by atoms with Crippen molar-refractivity contribution < 1.29 is 28.4 Å². The summed E-state index contributed by atoms with van der Waals surface area (Å²) in [7, 11) is 0. The van der Waals surface area contributed by atoms with Crippen LogP contribution in [0.1, 0.15) is 330 Å². The van der Waals surface area contributed by atoms with E-state index >= 15 is 0 Å². The fourth-order valence-electron chi connectivity index (χ4n) is 18.9. The van der Waals surface area contributed by atoms with E-state index in [0.717, 1.165) is 28.6 Å². The van der Waals surface area contributed by atoms with Crippen molar-refractivity contribution in [2.75, 3.05) is 29.4 Å². The van der Waals surface area contributed by atoms with Gasteiger partial charge < -0.3 is 57.8 Å². The Kier molecular flexibility index (Phi) is 39.7. The second-order valence-electron chi connectivity index (χ2n) is 41.8. The average Bonchev–Trinajstić information content (AvgIpc) is 1.61. The number of rotatable bonds is 10. The number of hydrogen-bond donors (Lipinski definition) is 0. The van der Waals surface area contributed by atoms with Crippen LogP contribution in [0.2, 0.25) is 0 Å². The fourth-order valence-corrected chi connectivity index (χ4v) is 18.9. The van der Waals surface area contributed by atoms with Crippen LogP contribution in [0.25, 0.3) is 5.76 Å². The predicted molar refractivity (Wildman–Crippen MR) is 572 cm³/mol. The van der Waals surface area contributed by atoms with Gasteiger partial charge in [0.25, 0.3) is 0 Å². The highest BCUT2D eigenvalue weighted by molar-refractivity contribution is 5.74. The summed E-state index contributed by atoms with van der Waals surface area (Å²) >= 11 is 0. The Morgan fingerprint density at radius 1 is 0.220 bits per heavy atom. The zero-order valence-corrected chi connectivity index (χ0v) is 83.1. The molecule has 12 heteroatoms. The first kappa shape index (κ1) is 112. The highest BCUT2D eigenvalue weighted by Gasteiger charge is 2.47. The molecule has 12 nitrogen and oxygen atoms in total. The van der Waals surface area contributed by atoms with Gasteiger partial charge in [-0.1, -0.05) is 338 Å². The van der Waals surface area contributed by atoms with Crippen molar-refractivity contribution in [3.05, 3.63) is 313 Å². The third kappa shape index (κ3) is 25.2. The summed E-state index contributed by atoms with van der Waals surface area (Å²) in [5.74, 6) is 7.77. The Bertz CT molecular complexity index is 5170. The predicted octanol–water partition coefficient (Wildman–Crippen LogP) is 35.4. The molecule has 2 saturated carbocycles. The Balaban J connectivity index is 0.000000278. The van der Waals surface area contributed by atoms with E-state index in [9.17, 15) is 0 Å². The molecule has 6 aliphatic heterocycles. The van der Waals surface area contributed by atoms with E-state index in [1.54, 1.807) is 0 Å². The van der Waals surface area contributed by atoms with E-state index in [1.807, 2.05) is 26.8 Å². The number of allylic oxidation sites excluding steroid dienone is 11. The molecular formula is C120H178N6O6. The number of benzene rings is 8. The van der Waals surface area contributed by atoms with Crippen molar-refractivity contribution in [3.8, 4) is 0 Å². The van der Waals surface area contributed by atoms with E-state index in [1.165, 1.54) is 188 Å². The quantitative estimate of drug-likeness (QED) is 0.131. The van der Waals surface area contributed by atoms with Gasteiger partial charge in [0, 0.05) is 84.2 Å². The average molecular weight is 1800 g/mol. The zero-order valence-electron chi connectivity index (χ0n) is 83.1. The summed E-state index contributed by atoms with van der Waals surface area (Å²) in [6.45, 7) is 70.1. The van der Waals surface area contributed by atoms with Crippen LogP contribution >= 0.6 is 0 Å². The number of nitrogens with zero attached hydrogens (tertiary/aromatic N) is 6. The van der Waals surface area contributed by atoms with E-state index in [-0.39, 0.29) is 109 Å². The van der Waals surface area contributed by atoms with Gasteiger partial charge in [-0.3, -0.25) is 0 Å². The van der Waals surface area contributed by atoms with Gasteiger partial charge in [-0.25, -0.2) is 0 Å². The molecule has 0 saturated heterocycles. The standard InChI is InChI=1S/C21H31NO.C21H25NO.C20H29NO.C20H23NO.2C16H23NO.6CH4/c2*1-15-11-9-10-14-18(15)22-16(2)19(17-12-7-6-8-13-17)23-20(22)21(3,4)5;1-14-10-6-9-13-17(14)21-15(2)18(16-11-7-8-12-16)22-19(21)20(3,4)5;1-13-9-6-7-12-18(13)21-16(4)17(5)22-20(21)19-14(2)10-8-11-15(19)3;2*1-11-9-7-8-10-14(11)17-12(2)13(3)18-15(17)16(4,5)6;;;;;;/h9-11,14,17,20H,6-8,12-13H2,1-5H3;6-14,20H,1-5H3;6,9-10,13,16,19H,7-8,11-12H2,1-5H3;6-12,20H,1-5H3;2*7-10,15H,1-6H3;6*1H4. The number of para-hydroxylation sites is 6. The van der Waals surface area contributed by atoms with Gasteiger partial charge >= 0.3 is 0 Å². The SMILES string of the molecule is C.C.C.C.C.C.CC1=C(C)N(c2ccccc2C)C(C(C)(C)C)O1.CC1=C(C)N(c2ccccc2C)C(C(C)(C)C)O1.CC1=C(C)N(c2ccccc2C)C(c2c(C)cccc2C)O1.CC1=C(C2CCCC2)OC(C(C)(C)C)N1c1ccccc1C.CC1=C(C2CCCCC2)OC(C(C)(C)C)N1c1ccccc1C.CC1=C(c2ccccc2)OC(C(C)(C)C)N1c1ccccc1C. The van der Waals surface area contributed by atoms with Crippen LogP contribution in [0.3, 0.4) is 0 Å². The number of hydrogen-bond acceptors (Lipinski definition) is 12. The molecule has 8 aromatic carbocycles. The Hall–Kier alpha value is -10.2. The van der Waals surface area contributed by atoms with E-state index in [4.69, 9.17) is 28.4 Å². The first-order chi connectivity index (χ1) is 59.3. The molecule has 0 amide bonds. The molecule has 8 aliphatic rings. The normalized spacial score (nSPS) is 19.7. The van der Waals surface area contributed by atoms with Crippen molar-refractivity contribution in [2.45, 2.75) is 361 Å². The molecule has 6 unspecified atom stereocenters. The Morgan fingerprint density at radius 3 is 0.742 bits per heavy atom. The topological polar surface area (TPSA) is 74.8 Å². The minimum atomic E-state index is -0.0812. The number of aryl methyl sites for hydroxylation is 8. The fraction of sp³-hybridized carbons (Fsp3) is 0.500. The van der Waals surface area contributed by atoms with Gasteiger partial charge in [-0.05, 0) is 224 Å². The van der Waals surface area contributed by atoms with Gasteiger partial charge in [0.05, 0.1) is 34.2 Å². The van der Waals surface area contributed by atoms with Crippen LogP contribution in [0.15, 0.2) is 257 Å². The Labute approximate surface area is 805 Å². The highest BCUT2D eigenvalue weighted by Crippen LogP contribution is 2.51. The van der Waals surface area contributed by atoms with Gasteiger partial charge in [0.15, 0.2) is 31.1 Å². The summed E-state index contributed by atoms with van der Waals surface area (Å²) in [5.41, 5.74) is 27.9. The van der Waals surface area contributed by atoms with E-state index in [0.29, 0.717) is 11.8 Å². The van der Waals surface area contributed by atoms with Crippen molar-refractivity contribution in [1.82, 2.24) is 0 Å². The van der Waals surface area contributed by atoms with Crippen LogP contribution in [-0.2, 0) is 28.4 Å². The summed E-state index contributed by atoms with van der Waals surface area (Å²) in [6.07, 6.45) is 12.1. The second kappa shape index (κ2) is 46.6. The maximum atomic E-state index is 6.61. The van der Waals surface area contributed by atoms with E-state index < -0.39 is 0 Å². The van der Waals surface area contributed by atoms with Crippen LogP contribution in [-0.4, -0.2) is 31.1 Å². The molecule has 16 rings (SSSR count). The summed E-state index contributed by atoms with van der Waals surface area (Å²) in [4.78, 5) is 14.2. The maximum absolute atomic E-state index is 6.61. The van der Waals surface area contributed by atoms with Crippen LogP contribution in [0, 0.1) is 94.3 Å². The van der Waals surface area contributed by atoms with Crippen molar-refractivity contribution >= 4 is 39.9 Å². The second-order valence-corrected chi connectivity index (χ2v) is 41.8. The molecule has 0 aromatic heterocycles. The molecule has 0 bridgehead atoms. The number of anilines is 6.